The Labute approximate surface area is 160 Å². The largest absolute Gasteiger partial charge is 0.495 e. The van der Waals surface area contributed by atoms with Crippen molar-refractivity contribution in [3.63, 3.8) is 0 Å². The second-order valence-corrected chi connectivity index (χ2v) is 6.65. The van der Waals surface area contributed by atoms with E-state index in [2.05, 4.69) is 49.7 Å². The van der Waals surface area contributed by atoms with Crippen molar-refractivity contribution < 1.29 is 4.74 Å². The van der Waals surface area contributed by atoms with Gasteiger partial charge in [0.05, 0.1) is 12.8 Å². The van der Waals surface area contributed by atoms with Crippen LogP contribution in [0.3, 0.4) is 0 Å². The Hall–Kier alpha value is -2.77. The third-order valence-corrected chi connectivity index (χ3v) is 4.80. The predicted octanol–water partition coefficient (Wildman–Crippen LogP) is 1.41. The van der Waals surface area contributed by atoms with Gasteiger partial charge in [0, 0.05) is 33.2 Å². The van der Waals surface area contributed by atoms with E-state index in [1.165, 1.54) is 5.69 Å². The van der Waals surface area contributed by atoms with Crippen LogP contribution in [0.15, 0.2) is 35.6 Å². The van der Waals surface area contributed by atoms with Gasteiger partial charge in [0.2, 0.25) is 0 Å². The highest BCUT2D eigenvalue weighted by molar-refractivity contribution is 5.79. The maximum Gasteiger partial charge on any atom is 0.191 e. The molecule has 2 heterocycles. The molecule has 1 aromatic heterocycles. The Morgan fingerprint density at radius 2 is 2.19 bits per heavy atom. The number of methoxy groups -OCH3 is 1. The Morgan fingerprint density at radius 1 is 1.33 bits per heavy atom. The van der Waals surface area contributed by atoms with E-state index in [1.54, 1.807) is 18.1 Å². The molecule has 0 saturated carbocycles. The summed E-state index contributed by atoms with van der Waals surface area (Å²) in [5.41, 5.74) is 1.17. The first kappa shape index (κ1) is 19.0. The number of para-hydroxylation sites is 2. The van der Waals surface area contributed by atoms with E-state index in [4.69, 9.17) is 4.74 Å². The minimum atomic E-state index is 0.504. The van der Waals surface area contributed by atoms with Crippen molar-refractivity contribution in [3.05, 3.63) is 36.4 Å². The Kier molecular flexibility index (Phi) is 6.51. The van der Waals surface area contributed by atoms with Crippen LogP contribution in [-0.4, -0.2) is 54.0 Å². The average molecular weight is 371 g/mol. The molecule has 0 amide bonds. The van der Waals surface area contributed by atoms with E-state index in [9.17, 15) is 0 Å². The second-order valence-electron chi connectivity index (χ2n) is 6.65. The van der Waals surface area contributed by atoms with E-state index in [1.807, 2.05) is 19.2 Å². The molecule has 1 unspecified atom stereocenters. The summed E-state index contributed by atoms with van der Waals surface area (Å²) in [6, 6.07) is 8.21. The molecule has 1 aliphatic rings. The Bertz CT molecular complexity index is 758. The van der Waals surface area contributed by atoms with Crippen molar-refractivity contribution in [2.45, 2.75) is 19.9 Å². The van der Waals surface area contributed by atoms with Crippen LogP contribution in [-0.2, 0) is 13.6 Å². The normalized spacial score (nSPS) is 17.2. The van der Waals surface area contributed by atoms with Gasteiger partial charge in [-0.2, -0.15) is 5.10 Å². The van der Waals surface area contributed by atoms with Crippen molar-refractivity contribution in [1.82, 2.24) is 25.4 Å². The van der Waals surface area contributed by atoms with E-state index in [-0.39, 0.29) is 0 Å². The molecule has 0 spiro atoms. The molecule has 1 aliphatic heterocycles. The van der Waals surface area contributed by atoms with Crippen molar-refractivity contribution >= 4 is 11.6 Å². The molecule has 8 nitrogen and oxygen atoms in total. The molecule has 1 atom stereocenters. The van der Waals surface area contributed by atoms with Gasteiger partial charge >= 0.3 is 0 Å². The number of benzene rings is 1. The fourth-order valence-corrected chi connectivity index (χ4v) is 3.30. The number of hydrogen-bond donors (Lipinski definition) is 2. The third kappa shape index (κ3) is 4.90. The number of guanidine groups is 1. The van der Waals surface area contributed by atoms with Gasteiger partial charge in [-0.05, 0) is 31.4 Å². The van der Waals surface area contributed by atoms with E-state index >= 15 is 0 Å². The zero-order valence-corrected chi connectivity index (χ0v) is 16.4. The molecule has 2 N–H and O–H groups in total. The maximum atomic E-state index is 5.50. The molecule has 1 fully saturated rings. The van der Waals surface area contributed by atoms with Gasteiger partial charge in [-0.25, -0.2) is 9.98 Å². The minimum absolute atomic E-state index is 0.504. The molecule has 1 aromatic carbocycles. The molecule has 146 valence electrons. The molecule has 27 heavy (non-hydrogen) atoms. The maximum absolute atomic E-state index is 5.50. The number of anilines is 1. The van der Waals surface area contributed by atoms with Gasteiger partial charge in [-0.1, -0.05) is 12.1 Å². The van der Waals surface area contributed by atoms with Crippen LogP contribution in [0.5, 0.6) is 5.75 Å². The number of aryl methyl sites for hydroxylation is 1. The summed E-state index contributed by atoms with van der Waals surface area (Å²) >= 11 is 0. The summed E-state index contributed by atoms with van der Waals surface area (Å²) in [5.74, 6) is 3.16. The summed E-state index contributed by atoms with van der Waals surface area (Å²) in [4.78, 5) is 11.2. The monoisotopic (exact) mass is 371 g/mol. The first-order valence-electron chi connectivity index (χ1n) is 9.44. The summed E-state index contributed by atoms with van der Waals surface area (Å²) in [7, 11) is 3.60. The molecular weight excluding hydrogens is 342 g/mol. The van der Waals surface area contributed by atoms with Crippen molar-refractivity contribution in [2.75, 3.05) is 38.2 Å². The van der Waals surface area contributed by atoms with Crippen LogP contribution in [0, 0.1) is 5.92 Å². The van der Waals surface area contributed by atoms with E-state index < -0.39 is 0 Å². The zero-order valence-electron chi connectivity index (χ0n) is 16.4. The summed E-state index contributed by atoms with van der Waals surface area (Å²) in [6.07, 6.45) is 2.70. The van der Waals surface area contributed by atoms with Crippen LogP contribution >= 0.6 is 0 Å². The zero-order chi connectivity index (χ0) is 19.1. The average Bonchev–Trinajstić information content (AvgIpc) is 3.33. The van der Waals surface area contributed by atoms with E-state index in [0.29, 0.717) is 12.5 Å². The van der Waals surface area contributed by atoms with Crippen LogP contribution in [0.2, 0.25) is 0 Å². The van der Waals surface area contributed by atoms with Crippen LogP contribution < -0.4 is 20.3 Å². The smallest absolute Gasteiger partial charge is 0.191 e. The van der Waals surface area contributed by atoms with Crippen molar-refractivity contribution in [2.24, 2.45) is 18.0 Å². The first-order chi connectivity index (χ1) is 13.2. The van der Waals surface area contributed by atoms with Gasteiger partial charge < -0.3 is 20.3 Å². The van der Waals surface area contributed by atoms with Gasteiger partial charge in [-0.3, -0.25) is 4.68 Å². The van der Waals surface area contributed by atoms with Gasteiger partial charge in [-0.15, -0.1) is 0 Å². The van der Waals surface area contributed by atoms with Crippen molar-refractivity contribution in [3.8, 4) is 5.75 Å². The van der Waals surface area contributed by atoms with Gasteiger partial charge in [0.15, 0.2) is 5.96 Å². The molecule has 8 heteroatoms. The standard InChI is InChI=1S/C19H29N7O/c1-4-20-19(22-12-18-23-14-24-25(18)2)21-11-15-9-10-26(13-15)16-7-5-6-8-17(16)27-3/h5-8,14-15H,4,9-13H2,1-3H3,(H2,20,21,22). The van der Waals surface area contributed by atoms with Crippen LogP contribution in [0.4, 0.5) is 5.69 Å². The number of rotatable bonds is 7. The number of nitrogens with zero attached hydrogens (tertiary/aromatic N) is 5. The lowest BCUT2D eigenvalue weighted by molar-refractivity contribution is 0.414. The predicted molar refractivity (Wildman–Crippen MR) is 107 cm³/mol. The number of aliphatic imine (C=N–C) groups is 1. The Balaban J connectivity index is 1.54. The molecule has 0 bridgehead atoms. The topological polar surface area (TPSA) is 79.6 Å². The molecule has 2 aromatic rings. The quantitative estimate of drug-likeness (QED) is 0.566. The van der Waals surface area contributed by atoms with Crippen molar-refractivity contribution in [1.29, 1.82) is 0 Å². The second kappa shape index (κ2) is 9.25. The molecular formula is C19H29N7O. The molecule has 3 rings (SSSR count). The van der Waals surface area contributed by atoms with Gasteiger partial charge in [0.25, 0.3) is 0 Å². The summed E-state index contributed by atoms with van der Waals surface area (Å²) in [5, 5.41) is 10.8. The van der Waals surface area contributed by atoms with E-state index in [0.717, 1.165) is 50.1 Å². The molecule has 0 radical (unpaired) electrons. The van der Waals surface area contributed by atoms with Crippen LogP contribution in [0.1, 0.15) is 19.2 Å². The molecule has 0 aliphatic carbocycles. The highest BCUT2D eigenvalue weighted by Crippen LogP contribution is 2.31. The fourth-order valence-electron chi connectivity index (χ4n) is 3.30. The molecule has 1 saturated heterocycles. The summed E-state index contributed by atoms with van der Waals surface area (Å²) in [6.45, 7) is 6.33. The minimum Gasteiger partial charge on any atom is -0.495 e. The Morgan fingerprint density at radius 3 is 2.93 bits per heavy atom. The van der Waals surface area contributed by atoms with Gasteiger partial charge in [0.1, 0.15) is 24.4 Å². The highest BCUT2D eigenvalue weighted by Gasteiger charge is 2.24. The SMILES string of the molecule is CCNC(=NCc1ncnn1C)NCC1CCN(c2ccccc2OC)C1. The number of nitrogens with one attached hydrogen (secondary N) is 2. The number of hydrogen-bond acceptors (Lipinski definition) is 5. The lowest BCUT2D eigenvalue weighted by Crippen LogP contribution is -2.40. The highest BCUT2D eigenvalue weighted by atomic mass is 16.5. The summed E-state index contributed by atoms with van der Waals surface area (Å²) < 4.78 is 7.25. The fraction of sp³-hybridized carbons (Fsp3) is 0.526. The lowest BCUT2D eigenvalue weighted by Gasteiger charge is -2.21. The first-order valence-corrected chi connectivity index (χ1v) is 9.44. The van der Waals surface area contributed by atoms with Crippen LogP contribution in [0.25, 0.3) is 0 Å². The number of ether oxygens (including phenoxy) is 1. The lowest BCUT2D eigenvalue weighted by atomic mass is 10.1. The third-order valence-electron chi connectivity index (χ3n) is 4.80. The number of aromatic nitrogens is 3.